The Hall–Kier alpha value is -3.61. The Labute approximate surface area is 214 Å². The van der Waals surface area contributed by atoms with Crippen molar-refractivity contribution in [2.45, 2.75) is 25.3 Å². The van der Waals surface area contributed by atoms with Gasteiger partial charge in [-0.05, 0) is 51.2 Å². The monoisotopic (exact) mass is 523 g/mol. The number of benzene rings is 1. The standard InChI is InChI=1S/C25H29N7O4S/c1-4-36-21-9-8-19(37(34,35)31-13-11-30(3)12-14-31)15-20(21)24-27-22-17(2)32(29-23(22)25(33)28-24)16-18-7-5-6-10-26-18/h5-10,15H,4,11-14,16H2,1-3H3,(H,27,28,33). The SMILES string of the molecule is CCOc1ccc(S(=O)(=O)N2CCN(C)CC2)cc1-c1nc2c(C)n(Cc3ccccn3)nc2c(=O)[nH]1. The van der Waals surface area contributed by atoms with Gasteiger partial charge in [0.15, 0.2) is 5.52 Å². The predicted molar refractivity (Wildman–Crippen MR) is 139 cm³/mol. The quantitative estimate of drug-likeness (QED) is 0.389. The van der Waals surface area contributed by atoms with E-state index in [2.05, 4.69) is 20.0 Å². The minimum atomic E-state index is -3.73. The number of sulfonamides is 1. The minimum Gasteiger partial charge on any atom is -0.493 e. The number of aromatic nitrogens is 5. The van der Waals surface area contributed by atoms with Crippen LogP contribution < -0.4 is 10.3 Å². The Morgan fingerprint density at radius 3 is 2.57 bits per heavy atom. The fourth-order valence-corrected chi connectivity index (χ4v) is 5.82. The molecule has 0 amide bonds. The zero-order valence-electron chi connectivity index (χ0n) is 21.0. The van der Waals surface area contributed by atoms with E-state index in [0.29, 0.717) is 61.9 Å². The van der Waals surface area contributed by atoms with E-state index in [1.807, 2.05) is 39.1 Å². The summed E-state index contributed by atoms with van der Waals surface area (Å²) in [6.07, 6.45) is 1.70. The van der Waals surface area contributed by atoms with E-state index in [0.717, 1.165) is 5.69 Å². The van der Waals surface area contributed by atoms with Gasteiger partial charge in [-0.1, -0.05) is 6.07 Å². The number of aryl methyl sites for hydroxylation is 1. The molecule has 0 spiro atoms. The summed E-state index contributed by atoms with van der Waals surface area (Å²) in [5, 5.41) is 4.46. The van der Waals surface area contributed by atoms with E-state index < -0.39 is 15.6 Å². The number of H-pyrrole nitrogens is 1. The summed E-state index contributed by atoms with van der Waals surface area (Å²) in [4.78, 5) is 27.1. The van der Waals surface area contributed by atoms with Crippen molar-refractivity contribution in [2.24, 2.45) is 0 Å². The number of hydrogen-bond acceptors (Lipinski definition) is 8. The molecule has 0 radical (unpaired) electrons. The third-order valence-corrected chi connectivity index (χ3v) is 8.38. The van der Waals surface area contributed by atoms with Crippen molar-refractivity contribution in [3.8, 4) is 17.1 Å². The second-order valence-corrected chi connectivity index (χ2v) is 10.9. The highest BCUT2D eigenvalue weighted by Gasteiger charge is 2.29. The van der Waals surface area contributed by atoms with E-state index in [-0.39, 0.29) is 16.2 Å². The van der Waals surface area contributed by atoms with Gasteiger partial charge < -0.3 is 14.6 Å². The zero-order chi connectivity index (χ0) is 26.2. The fourth-order valence-electron chi connectivity index (χ4n) is 4.37. The van der Waals surface area contributed by atoms with Gasteiger partial charge in [-0.15, -0.1) is 0 Å². The summed E-state index contributed by atoms with van der Waals surface area (Å²) < 4.78 is 35.8. The Morgan fingerprint density at radius 2 is 1.86 bits per heavy atom. The second kappa shape index (κ2) is 10.0. The summed E-state index contributed by atoms with van der Waals surface area (Å²) in [5.41, 5.74) is 2.12. The van der Waals surface area contributed by atoms with Gasteiger partial charge in [0.05, 0.1) is 35.0 Å². The molecular weight excluding hydrogens is 494 g/mol. The van der Waals surface area contributed by atoms with Crippen molar-refractivity contribution in [1.29, 1.82) is 0 Å². The number of piperazine rings is 1. The molecule has 0 unspecified atom stereocenters. The Morgan fingerprint density at radius 1 is 1.08 bits per heavy atom. The normalized spacial score (nSPS) is 15.3. The Balaban J connectivity index is 1.58. The molecule has 1 saturated heterocycles. The van der Waals surface area contributed by atoms with Crippen LogP contribution in [0, 0.1) is 6.92 Å². The first-order valence-electron chi connectivity index (χ1n) is 12.1. The molecule has 11 nitrogen and oxygen atoms in total. The number of aromatic amines is 1. The first-order chi connectivity index (χ1) is 17.8. The number of ether oxygens (including phenoxy) is 1. The molecule has 12 heteroatoms. The van der Waals surface area contributed by atoms with Gasteiger partial charge in [0.1, 0.15) is 17.1 Å². The van der Waals surface area contributed by atoms with Crippen LogP contribution in [0.2, 0.25) is 0 Å². The number of likely N-dealkylation sites (N-methyl/N-ethyl adjacent to an activating group) is 1. The number of nitrogens with zero attached hydrogens (tertiary/aromatic N) is 6. The zero-order valence-corrected chi connectivity index (χ0v) is 21.8. The number of fused-ring (bicyclic) bond motifs is 1. The van der Waals surface area contributed by atoms with Gasteiger partial charge in [-0.2, -0.15) is 9.40 Å². The van der Waals surface area contributed by atoms with Crippen LogP contribution in [0.3, 0.4) is 0 Å². The summed E-state index contributed by atoms with van der Waals surface area (Å²) in [6.45, 7) is 6.59. The van der Waals surface area contributed by atoms with Crippen LogP contribution in [-0.4, -0.2) is 82.2 Å². The third kappa shape index (κ3) is 4.87. The molecule has 1 N–H and O–H groups in total. The van der Waals surface area contributed by atoms with E-state index in [1.54, 1.807) is 16.9 Å². The Kier molecular flexibility index (Phi) is 6.80. The largest absolute Gasteiger partial charge is 0.493 e. The van der Waals surface area contributed by atoms with Crippen molar-refractivity contribution >= 4 is 21.1 Å². The smallest absolute Gasteiger partial charge is 0.279 e. The first kappa shape index (κ1) is 25.1. The lowest BCUT2D eigenvalue weighted by Gasteiger charge is -2.31. The molecular formula is C25H29N7O4S. The maximum absolute atomic E-state index is 13.4. The highest BCUT2D eigenvalue weighted by Crippen LogP contribution is 2.32. The van der Waals surface area contributed by atoms with Crippen molar-refractivity contribution in [2.75, 3.05) is 39.8 Å². The van der Waals surface area contributed by atoms with Gasteiger partial charge in [0.25, 0.3) is 5.56 Å². The van der Waals surface area contributed by atoms with Crippen LogP contribution in [0.1, 0.15) is 18.3 Å². The molecule has 4 aromatic rings. The fraction of sp³-hybridized carbons (Fsp3) is 0.360. The molecule has 1 aromatic carbocycles. The lowest BCUT2D eigenvalue weighted by Crippen LogP contribution is -2.47. The van der Waals surface area contributed by atoms with Crippen LogP contribution >= 0.6 is 0 Å². The van der Waals surface area contributed by atoms with Crippen molar-refractivity contribution in [3.63, 3.8) is 0 Å². The van der Waals surface area contributed by atoms with Crippen molar-refractivity contribution in [3.05, 3.63) is 64.3 Å². The number of pyridine rings is 1. The lowest BCUT2D eigenvalue weighted by atomic mass is 10.2. The van der Waals surface area contributed by atoms with Crippen LogP contribution in [0.4, 0.5) is 0 Å². The number of nitrogens with one attached hydrogen (secondary N) is 1. The second-order valence-electron chi connectivity index (χ2n) is 8.97. The molecule has 3 aromatic heterocycles. The molecule has 1 aliphatic rings. The molecule has 1 fully saturated rings. The molecule has 4 heterocycles. The third-order valence-electron chi connectivity index (χ3n) is 6.49. The molecule has 194 valence electrons. The van der Waals surface area contributed by atoms with Crippen LogP contribution in [0.25, 0.3) is 22.4 Å². The van der Waals surface area contributed by atoms with E-state index in [1.165, 1.54) is 16.4 Å². The van der Waals surface area contributed by atoms with Crippen LogP contribution in [0.5, 0.6) is 5.75 Å². The van der Waals surface area contributed by atoms with Gasteiger partial charge in [-0.25, -0.2) is 13.4 Å². The van der Waals surface area contributed by atoms with Gasteiger partial charge in [0.2, 0.25) is 10.0 Å². The minimum absolute atomic E-state index is 0.126. The molecule has 0 saturated carbocycles. The average molecular weight is 524 g/mol. The van der Waals surface area contributed by atoms with Gasteiger partial charge >= 0.3 is 0 Å². The average Bonchev–Trinajstić information content (AvgIpc) is 3.21. The maximum atomic E-state index is 13.4. The predicted octanol–water partition coefficient (Wildman–Crippen LogP) is 1.87. The molecule has 0 aliphatic carbocycles. The van der Waals surface area contributed by atoms with Crippen molar-refractivity contribution < 1.29 is 13.2 Å². The van der Waals surface area contributed by atoms with E-state index in [9.17, 15) is 13.2 Å². The highest BCUT2D eigenvalue weighted by atomic mass is 32.2. The van der Waals surface area contributed by atoms with Crippen LogP contribution in [0.15, 0.2) is 52.3 Å². The Bertz CT molecular complexity index is 1590. The maximum Gasteiger partial charge on any atom is 0.279 e. The summed E-state index contributed by atoms with van der Waals surface area (Å²) >= 11 is 0. The molecule has 0 bridgehead atoms. The van der Waals surface area contributed by atoms with E-state index >= 15 is 0 Å². The first-order valence-corrected chi connectivity index (χ1v) is 13.5. The molecule has 0 atom stereocenters. The van der Waals surface area contributed by atoms with Crippen LogP contribution in [-0.2, 0) is 16.6 Å². The molecule has 5 rings (SSSR count). The number of rotatable bonds is 7. The summed E-state index contributed by atoms with van der Waals surface area (Å²) in [6, 6.07) is 10.3. The summed E-state index contributed by atoms with van der Waals surface area (Å²) in [5.74, 6) is 0.651. The summed E-state index contributed by atoms with van der Waals surface area (Å²) in [7, 11) is -1.76. The molecule has 1 aliphatic heterocycles. The van der Waals surface area contributed by atoms with Crippen molar-refractivity contribution in [1.82, 2.24) is 33.9 Å². The van der Waals surface area contributed by atoms with Gasteiger partial charge in [-0.3, -0.25) is 14.5 Å². The van der Waals surface area contributed by atoms with Gasteiger partial charge in [0, 0.05) is 32.4 Å². The number of hydrogen-bond donors (Lipinski definition) is 1. The lowest BCUT2D eigenvalue weighted by molar-refractivity contribution is 0.222. The highest BCUT2D eigenvalue weighted by molar-refractivity contribution is 7.89. The topological polar surface area (TPSA) is 126 Å². The molecule has 37 heavy (non-hydrogen) atoms. The van der Waals surface area contributed by atoms with E-state index in [4.69, 9.17) is 9.72 Å².